The molecule has 0 unspecified atom stereocenters. The van der Waals surface area contributed by atoms with Crippen molar-refractivity contribution in [2.24, 2.45) is 5.92 Å². The van der Waals surface area contributed by atoms with Crippen molar-refractivity contribution in [1.82, 2.24) is 5.32 Å². The quantitative estimate of drug-likeness (QED) is 0.763. The molecule has 1 amide bonds. The summed E-state index contributed by atoms with van der Waals surface area (Å²) in [5.41, 5.74) is -0.474. The Labute approximate surface area is 126 Å². The second kappa shape index (κ2) is 7.78. The van der Waals surface area contributed by atoms with Gasteiger partial charge in [0.2, 0.25) is 5.91 Å². The van der Waals surface area contributed by atoms with E-state index in [1.165, 1.54) is 32.8 Å². The smallest absolute Gasteiger partial charge is 0.307 e. The Morgan fingerprint density at radius 2 is 1.90 bits per heavy atom. The van der Waals surface area contributed by atoms with Gasteiger partial charge in [0.1, 0.15) is 0 Å². The fourth-order valence-corrected chi connectivity index (χ4v) is 3.45. The molecule has 1 aliphatic carbocycles. The van der Waals surface area contributed by atoms with Gasteiger partial charge < -0.3 is 14.8 Å². The lowest BCUT2D eigenvalue weighted by Crippen LogP contribution is -2.53. The molecule has 0 aromatic rings. The van der Waals surface area contributed by atoms with Crippen molar-refractivity contribution < 1.29 is 19.1 Å². The number of amides is 1. The summed E-state index contributed by atoms with van der Waals surface area (Å²) in [6, 6.07) is 0. The summed E-state index contributed by atoms with van der Waals surface area (Å²) in [4.78, 5) is 23.9. The number of methoxy groups -OCH3 is 1. The Hall–Kier alpha value is -1.10. The molecule has 1 heterocycles. The van der Waals surface area contributed by atoms with Gasteiger partial charge in [0.25, 0.3) is 0 Å². The van der Waals surface area contributed by atoms with Crippen LogP contribution >= 0.6 is 0 Å². The maximum absolute atomic E-state index is 12.2. The molecule has 2 fully saturated rings. The number of nitrogens with one attached hydrogen (secondary N) is 1. The van der Waals surface area contributed by atoms with E-state index >= 15 is 0 Å². The molecule has 5 heteroatoms. The molecule has 0 aromatic heterocycles. The summed E-state index contributed by atoms with van der Waals surface area (Å²) < 4.78 is 10.1. The summed E-state index contributed by atoms with van der Waals surface area (Å²) in [6.07, 6.45) is 8.25. The highest BCUT2D eigenvalue weighted by Gasteiger charge is 2.36. The van der Waals surface area contributed by atoms with Gasteiger partial charge in [0.15, 0.2) is 0 Å². The molecule has 5 nitrogen and oxygen atoms in total. The van der Waals surface area contributed by atoms with Gasteiger partial charge in [-0.1, -0.05) is 25.7 Å². The Morgan fingerprint density at radius 3 is 2.52 bits per heavy atom. The van der Waals surface area contributed by atoms with E-state index in [1.807, 2.05) is 0 Å². The standard InChI is InChI=1S/C16H27NO4/c1-20-15(19)12-16(8-10-21-11-9-16)17-14(18)7-6-13-4-2-3-5-13/h13H,2-12H2,1H3,(H,17,18). The summed E-state index contributed by atoms with van der Waals surface area (Å²) in [5.74, 6) is 0.502. The summed E-state index contributed by atoms with van der Waals surface area (Å²) in [7, 11) is 1.39. The average Bonchev–Trinajstić information content (AvgIpc) is 2.99. The van der Waals surface area contributed by atoms with Gasteiger partial charge in [0.05, 0.1) is 19.1 Å². The van der Waals surface area contributed by atoms with Crippen LogP contribution in [0.2, 0.25) is 0 Å². The van der Waals surface area contributed by atoms with Crippen molar-refractivity contribution in [3.05, 3.63) is 0 Å². The summed E-state index contributed by atoms with van der Waals surface area (Å²) in [5, 5.41) is 3.10. The highest BCUT2D eigenvalue weighted by atomic mass is 16.5. The van der Waals surface area contributed by atoms with Crippen molar-refractivity contribution in [1.29, 1.82) is 0 Å². The van der Waals surface area contributed by atoms with Crippen LogP contribution < -0.4 is 5.32 Å². The first kappa shape index (κ1) is 16.3. The van der Waals surface area contributed by atoms with Crippen LogP contribution in [0.5, 0.6) is 0 Å². The molecule has 120 valence electrons. The number of rotatable bonds is 6. The molecular formula is C16H27NO4. The summed E-state index contributed by atoms with van der Waals surface area (Å²) in [6.45, 7) is 1.17. The molecule has 0 spiro atoms. The van der Waals surface area contributed by atoms with Gasteiger partial charge in [-0.15, -0.1) is 0 Å². The van der Waals surface area contributed by atoms with E-state index in [1.54, 1.807) is 0 Å². The minimum atomic E-state index is -0.474. The minimum Gasteiger partial charge on any atom is -0.469 e. The molecular weight excluding hydrogens is 270 g/mol. The Balaban J connectivity index is 1.84. The predicted octanol–water partition coefficient (Wildman–Crippen LogP) is 2.19. The predicted molar refractivity (Wildman–Crippen MR) is 78.8 cm³/mol. The van der Waals surface area contributed by atoms with Crippen molar-refractivity contribution in [2.75, 3.05) is 20.3 Å². The maximum Gasteiger partial charge on any atom is 0.307 e. The molecule has 0 aromatic carbocycles. The van der Waals surface area contributed by atoms with Crippen LogP contribution in [0, 0.1) is 5.92 Å². The van der Waals surface area contributed by atoms with Crippen LogP contribution in [-0.4, -0.2) is 37.7 Å². The first-order chi connectivity index (χ1) is 10.1. The third kappa shape index (κ3) is 4.99. The molecule has 2 aliphatic rings. The molecule has 0 radical (unpaired) electrons. The lowest BCUT2D eigenvalue weighted by atomic mass is 9.86. The lowest BCUT2D eigenvalue weighted by molar-refractivity contribution is -0.144. The largest absolute Gasteiger partial charge is 0.469 e. The normalized spacial score (nSPS) is 22.0. The van der Waals surface area contributed by atoms with Crippen molar-refractivity contribution in [2.45, 2.75) is 63.3 Å². The molecule has 21 heavy (non-hydrogen) atoms. The number of carbonyl (C=O) groups is 2. The first-order valence-electron chi connectivity index (χ1n) is 8.09. The fourth-order valence-electron chi connectivity index (χ4n) is 3.45. The van der Waals surface area contributed by atoms with E-state index < -0.39 is 5.54 Å². The van der Waals surface area contributed by atoms with E-state index in [0.717, 1.165) is 6.42 Å². The zero-order valence-electron chi connectivity index (χ0n) is 13.0. The minimum absolute atomic E-state index is 0.0627. The van der Waals surface area contributed by atoms with Crippen molar-refractivity contribution in [3.63, 3.8) is 0 Å². The van der Waals surface area contributed by atoms with E-state index in [-0.39, 0.29) is 18.3 Å². The zero-order chi connectivity index (χ0) is 15.1. The average molecular weight is 297 g/mol. The van der Waals surface area contributed by atoms with Crippen LogP contribution in [0.15, 0.2) is 0 Å². The Morgan fingerprint density at radius 1 is 1.24 bits per heavy atom. The summed E-state index contributed by atoms with van der Waals surface area (Å²) >= 11 is 0. The molecule has 1 N–H and O–H groups in total. The third-order valence-electron chi connectivity index (χ3n) is 4.82. The van der Waals surface area contributed by atoms with Gasteiger partial charge in [-0.05, 0) is 25.2 Å². The van der Waals surface area contributed by atoms with Crippen molar-refractivity contribution >= 4 is 11.9 Å². The SMILES string of the molecule is COC(=O)CC1(NC(=O)CCC2CCCC2)CCOCC1. The van der Waals surface area contributed by atoms with Gasteiger partial charge in [0, 0.05) is 19.6 Å². The van der Waals surface area contributed by atoms with Gasteiger partial charge >= 0.3 is 5.97 Å². The van der Waals surface area contributed by atoms with Crippen LogP contribution in [0.1, 0.15) is 57.8 Å². The van der Waals surface area contributed by atoms with Gasteiger partial charge in [-0.25, -0.2) is 0 Å². The van der Waals surface area contributed by atoms with E-state index in [9.17, 15) is 9.59 Å². The second-order valence-corrected chi connectivity index (χ2v) is 6.38. The van der Waals surface area contributed by atoms with Gasteiger partial charge in [-0.3, -0.25) is 9.59 Å². The van der Waals surface area contributed by atoms with Crippen LogP contribution in [-0.2, 0) is 19.1 Å². The maximum atomic E-state index is 12.2. The van der Waals surface area contributed by atoms with E-state index in [0.29, 0.717) is 38.4 Å². The molecule has 2 rings (SSSR count). The van der Waals surface area contributed by atoms with E-state index in [4.69, 9.17) is 9.47 Å². The number of esters is 1. The van der Waals surface area contributed by atoms with Crippen LogP contribution in [0.4, 0.5) is 0 Å². The van der Waals surface area contributed by atoms with E-state index in [2.05, 4.69) is 5.32 Å². The molecule has 1 saturated heterocycles. The molecule has 0 bridgehead atoms. The number of hydrogen-bond acceptors (Lipinski definition) is 4. The van der Waals surface area contributed by atoms with Crippen molar-refractivity contribution in [3.8, 4) is 0 Å². The molecule has 1 aliphatic heterocycles. The Kier molecular flexibility index (Phi) is 6.03. The lowest BCUT2D eigenvalue weighted by Gasteiger charge is -2.37. The Bertz CT molecular complexity index is 357. The number of hydrogen-bond donors (Lipinski definition) is 1. The van der Waals surface area contributed by atoms with Gasteiger partial charge in [-0.2, -0.15) is 0 Å². The number of carbonyl (C=O) groups excluding carboxylic acids is 2. The van der Waals surface area contributed by atoms with Crippen LogP contribution in [0.25, 0.3) is 0 Å². The number of ether oxygens (including phenoxy) is 2. The monoisotopic (exact) mass is 297 g/mol. The first-order valence-corrected chi connectivity index (χ1v) is 8.09. The molecule has 1 saturated carbocycles. The highest BCUT2D eigenvalue weighted by molar-refractivity contribution is 5.78. The molecule has 0 atom stereocenters. The topological polar surface area (TPSA) is 64.6 Å². The third-order valence-corrected chi connectivity index (χ3v) is 4.82. The second-order valence-electron chi connectivity index (χ2n) is 6.38. The van der Waals surface area contributed by atoms with Crippen LogP contribution in [0.3, 0.4) is 0 Å². The zero-order valence-corrected chi connectivity index (χ0v) is 13.0. The highest BCUT2D eigenvalue weighted by Crippen LogP contribution is 2.29. The fraction of sp³-hybridized carbons (Fsp3) is 0.875.